The van der Waals surface area contributed by atoms with Gasteiger partial charge >= 0.3 is 0 Å². The van der Waals surface area contributed by atoms with Gasteiger partial charge in [0, 0.05) is 30.9 Å². The van der Waals surface area contributed by atoms with Gasteiger partial charge in [0.25, 0.3) is 0 Å². The number of nitrogens with zero attached hydrogens (tertiary/aromatic N) is 3. The smallest absolute Gasteiger partial charge is 0.223 e. The summed E-state index contributed by atoms with van der Waals surface area (Å²) in [6.07, 6.45) is 0. The summed E-state index contributed by atoms with van der Waals surface area (Å²) in [4.78, 5) is 11.4. The van der Waals surface area contributed by atoms with E-state index in [1.807, 2.05) is 6.92 Å². The van der Waals surface area contributed by atoms with Crippen LogP contribution >= 0.6 is 12.2 Å². The molecule has 0 aliphatic rings. The fourth-order valence-corrected chi connectivity index (χ4v) is 2.29. The topological polar surface area (TPSA) is 67.1 Å². The Balaban J connectivity index is 2.64. The van der Waals surface area contributed by atoms with E-state index in [0.717, 1.165) is 18.8 Å². The van der Waals surface area contributed by atoms with Crippen LogP contribution in [0.25, 0.3) is 0 Å². The van der Waals surface area contributed by atoms with Crippen molar-refractivity contribution in [3.63, 3.8) is 0 Å². The third-order valence-corrected chi connectivity index (χ3v) is 3.30. The molecule has 0 aromatic carbocycles. The zero-order valence-corrected chi connectivity index (χ0v) is 13.8. The predicted molar refractivity (Wildman–Crippen MR) is 88.1 cm³/mol. The number of aryl methyl sites for hydroxylation is 1. The molecule has 0 spiro atoms. The van der Waals surface area contributed by atoms with Crippen molar-refractivity contribution in [1.82, 2.24) is 14.9 Å². The molecule has 1 aromatic rings. The van der Waals surface area contributed by atoms with Crippen molar-refractivity contribution in [1.29, 1.82) is 0 Å². The molecule has 0 saturated heterocycles. The minimum absolute atomic E-state index is 0.296. The SMILES string of the molecule is Cc1cc(C(N)=S)nc(NCCN(C(C)C)C(C)C)n1. The summed E-state index contributed by atoms with van der Waals surface area (Å²) < 4.78 is 0. The van der Waals surface area contributed by atoms with E-state index in [1.54, 1.807) is 6.07 Å². The van der Waals surface area contributed by atoms with Crippen LogP contribution < -0.4 is 11.1 Å². The van der Waals surface area contributed by atoms with Crippen molar-refractivity contribution in [3.05, 3.63) is 17.5 Å². The Morgan fingerprint density at radius 1 is 1.30 bits per heavy atom. The summed E-state index contributed by atoms with van der Waals surface area (Å²) in [5.41, 5.74) is 7.08. The molecule has 1 heterocycles. The normalized spacial score (nSPS) is 11.4. The zero-order chi connectivity index (χ0) is 15.3. The Morgan fingerprint density at radius 2 is 1.90 bits per heavy atom. The van der Waals surface area contributed by atoms with E-state index in [4.69, 9.17) is 18.0 Å². The lowest BCUT2D eigenvalue weighted by molar-refractivity contribution is 0.182. The van der Waals surface area contributed by atoms with Gasteiger partial charge < -0.3 is 11.1 Å². The Hall–Kier alpha value is -1.27. The highest BCUT2D eigenvalue weighted by Crippen LogP contribution is 2.07. The second-order valence-corrected chi connectivity index (χ2v) is 5.87. The Morgan fingerprint density at radius 3 is 2.40 bits per heavy atom. The summed E-state index contributed by atoms with van der Waals surface area (Å²) in [7, 11) is 0. The molecule has 0 radical (unpaired) electrons. The molecule has 0 bridgehead atoms. The second kappa shape index (κ2) is 7.50. The lowest BCUT2D eigenvalue weighted by Gasteiger charge is -2.30. The molecule has 0 amide bonds. The van der Waals surface area contributed by atoms with Crippen LogP contribution in [0.4, 0.5) is 5.95 Å². The summed E-state index contributed by atoms with van der Waals surface area (Å²) in [5, 5.41) is 3.24. The van der Waals surface area contributed by atoms with Gasteiger partial charge in [-0.15, -0.1) is 0 Å². The van der Waals surface area contributed by atoms with E-state index in [9.17, 15) is 0 Å². The maximum Gasteiger partial charge on any atom is 0.223 e. The van der Waals surface area contributed by atoms with Crippen LogP contribution in [0.1, 0.15) is 39.1 Å². The number of rotatable bonds is 7. The second-order valence-electron chi connectivity index (χ2n) is 5.43. The third kappa shape index (κ3) is 5.02. The van der Waals surface area contributed by atoms with Gasteiger partial charge in [0.15, 0.2) is 0 Å². The van der Waals surface area contributed by atoms with Crippen LogP contribution in [0.2, 0.25) is 0 Å². The maximum atomic E-state index is 5.61. The van der Waals surface area contributed by atoms with Crippen LogP contribution in [0.5, 0.6) is 0 Å². The average Bonchev–Trinajstić information content (AvgIpc) is 2.32. The quantitative estimate of drug-likeness (QED) is 0.750. The third-order valence-electron chi connectivity index (χ3n) is 3.09. The van der Waals surface area contributed by atoms with E-state index >= 15 is 0 Å². The Labute approximate surface area is 127 Å². The maximum absolute atomic E-state index is 5.61. The van der Waals surface area contributed by atoms with Gasteiger partial charge in [-0.05, 0) is 40.7 Å². The molecule has 112 valence electrons. The van der Waals surface area contributed by atoms with E-state index in [2.05, 4.69) is 47.9 Å². The molecule has 0 aliphatic heterocycles. The highest BCUT2D eigenvalue weighted by molar-refractivity contribution is 7.80. The fraction of sp³-hybridized carbons (Fsp3) is 0.643. The largest absolute Gasteiger partial charge is 0.388 e. The average molecular weight is 295 g/mol. The van der Waals surface area contributed by atoms with E-state index < -0.39 is 0 Å². The number of aromatic nitrogens is 2. The van der Waals surface area contributed by atoms with E-state index in [-0.39, 0.29) is 0 Å². The minimum atomic E-state index is 0.296. The molecule has 0 unspecified atom stereocenters. The molecule has 20 heavy (non-hydrogen) atoms. The Bertz CT molecular complexity index is 451. The Kier molecular flexibility index (Phi) is 6.29. The van der Waals surface area contributed by atoms with Crippen molar-refractivity contribution >= 4 is 23.2 Å². The molecule has 1 rings (SSSR count). The summed E-state index contributed by atoms with van der Waals surface area (Å²) in [6, 6.07) is 2.83. The van der Waals surface area contributed by atoms with E-state index in [0.29, 0.717) is 28.7 Å². The molecular weight excluding hydrogens is 270 g/mol. The number of hydrogen-bond acceptors (Lipinski definition) is 5. The van der Waals surface area contributed by atoms with Crippen LogP contribution in [-0.2, 0) is 0 Å². The summed E-state index contributed by atoms with van der Waals surface area (Å²) in [6.45, 7) is 12.4. The first-order chi connectivity index (χ1) is 9.31. The molecule has 5 nitrogen and oxygen atoms in total. The summed E-state index contributed by atoms with van der Waals surface area (Å²) >= 11 is 4.96. The van der Waals surface area contributed by atoms with Gasteiger partial charge in [-0.2, -0.15) is 0 Å². The van der Waals surface area contributed by atoms with Crippen LogP contribution in [0, 0.1) is 6.92 Å². The number of nitrogens with one attached hydrogen (secondary N) is 1. The highest BCUT2D eigenvalue weighted by Gasteiger charge is 2.12. The number of hydrogen-bond donors (Lipinski definition) is 2. The molecular formula is C14H25N5S. The van der Waals surface area contributed by atoms with Gasteiger partial charge in [-0.1, -0.05) is 12.2 Å². The van der Waals surface area contributed by atoms with Crippen molar-refractivity contribution in [2.24, 2.45) is 5.73 Å². The van der Waals surface area contributed by atoms with Gasteiger partial charge in [-0.25, -0.2) is 9.97 Å². The number of anilines is 1. The first-order valence-electron chi connectivity index (χ1n) is 6.96. The van der Waals surface area contributed by atoms with Crippen molar-refractivity contribution in [2.45, 2.75) is 46.7 Å². The molecule has 0 saturated carbocycles. The molecule has 0 atom stereocenters. The van der Waals surface area contributed by atoms with Crippen molar-refractivity contribution < 1.29 is 0 Å². The van der Waals surface area contributed by atoms with Crippen LogP contribution in [0.15, 0.2) is 6.07 Å². The molecule has 0 aliphatic carbocycles. The van der Waals surface area contributed by atoms with Crippen molar-refractivity contribution in [3.8, 4) is 0 Å². The number of thiocarbonyl (C=S) groups is 1. The monoisotopic (exact) mass is 295 g/mol. The fourth-order valence-electron chi connectivity index (χ4n) is 2.18. The first kappa shape index (κ1) is 16.8. The number of nitrogens with two attached hydrogens (primary N) is 1. The summed E-state index contributed by atoms with van der Waals surface area (Å²) in [5.74, 6) is 0.584. The minimum Gasteiger partial charge on any atom is -0.388 e. The van der Waals surface area contributed by atoms with Crippen molar-refractivity contribution in [2.75, 3.05) is 18.4 Å². The molecule has 6 heteroatoms. The van der Waals surface area contributed by atoms with Gasteiger partial charge in [0.05, 0.1) is 0 Å². The first-order valence-corrected chi connectivity index (χ1v) is 7.37. The molecule has 0 fully saturated rings. The van der Waals surface area contributed by atoms with Crippen LogP contribution in [-0.4, -0.2) is 45.0 Å². The van der Waals surface area contributed by atoms with Gasteiger partial charge in [-0.3, -0.25) is 4.90 Å². The standard InChI is InChI=1S/C14H25N5S/c1-9(2)19(10(3)4)7-6-16-14-17-11(5)8-12(18-14)13(15)20/h8-10H,6-7H2,1-5H3,(H2,15,20)(H,16,17,18). The zero-order valence-electron chi connectivity index (χ0n) is 13.0. The predicted octanol–water partition coefficient (Wildman–Crippen LogP) is 1.95. The highest BCUT2D eigenvalue weighted by atomic mass is 32.1. The lowest BCUT2D eigenvalue weighted by Crippen LogP contribution is -2.40. The van der Waals surface area contributed by atoms with Crippen LogP contribution in [0.3, 0.4) is 0 Å². The van der Waals surface area contributed by atoms with E-state index in [1.165, 1.54) is 0 Å². The molecule has 3 N–H and O–H groups in total. The lowest BCUT2D eigenvalue weighted by atomic mass is 10.2. The van der Waals surface area contributed by atoms with Gasteiger partial charge in [0.1, 0.15) is 10.7 Å². The molecule has 1 aromatic heterocycles. The van der Waals surface area contributed by atoms with Gasteiger partial charge in [0.2, 0.25) is 5.95 Å².